The van der Waals surface area contributed by atoms with E-state index in [4.69, 9.17) is 5.84 Å². The molecule has 0 saturated heterocycles. The Morgan fingerprint density at radius 1 is 1.28 bits per heavy atom. The zero-order chi connectivity index (χ0) is 13.0. The first-order chi connectivity index (χ1) is 8.70. The molecule has 2 nitrogen and oxygen atoms in total. The van der Waals surface area contributed by atoms with Crippen molar-refractivity contribution in [2.45, 2.75) is 64.8 Å². The second-order valence-electron chi connectivity index (χ2n) is 5.85. The van der Waals surface area contributed by atoms with Gasteiger partial charge in [0.2, 0.25) is 0 Å². The molecule has 3 heteroatoms. The maximum Gasteiger partial charge on any atom is 0.0553 e. The van der Waals surface area contributed by atoms with Gasteiger partial charge in [-0.25, -0.2) is 0 Å². The number of hydrogen-bond acceptors (Lipinski definition) is 3. The van der Waals surface area contributed by atoms with Crippen LogP contribution in [-0.2, 0) is 12.8 Å². The van der Waals surface area contributed by atoms with Gasteiger partial charge in [-0.1, -0.05) is 26.7 Å². The second kappa shape index (κ2) is 6.69. The lowest BCUT2D eigenvalue weighted by molar-refractivity contribution is 0.459. The highest BCUT2D eigenvalue weighted by Gasteiger charge is 2.18. The molecular weight excluding hydrogens is 240 g/mol. The molecule has 1 aliphatic carbocycles. The van der Waals surface area contributed by atoms with Crippen LogP contribution in [0.15, 0.2) is 6.07 Å². The van der Waals surface area contributed by atoms with Crippen LogP contribution in [0, 0.1) is 5.92 Å². The van der Waals surface area contributed by atoms with Crippen LogP contribution < -0.4 is 11.3 Å². The molecule has 1 heterocycles. The molecule has 1 atom stereocenters. The van der Waals surface area contributed by atoms with E-state index in [1.54, 1.807) is 10.4 Å². The van der Waals surface area contributed by atoms with Crippen LogP contribution in [0.5, 0.6) is 0 Å². The van der Waals surface area contributed by atoms with Crippen molar-refractivity contribution in [2.24, 2.45) is 11.8 Å². The lowest BCUT2D eigenvalue weighted by Crippen LogP contribution is -2.27. The standard InChI is InChI=1S/C15H26N2S/c1-11(2)6-5-8-13(17-16)15-10-12-7-3-4-9-14(12)18-15/h10-11,13,17H,3-9,16H2,1-2H3. The lowest BCUT2D eigenvalue weighted by atomic mass is 9.98. The highest BCUT2D eigenvalue weighted by atomic mass is 32.1. The smallest absolute Gasteiger partial charge is 0.0553 e. The molecule has 0 radical (unpaired) electrons. The van der Waals surface area contributed by atoms with Gasteiger partial charge in [-0.2, -0.15) is 0 Å². The van der Waals surface area contributed by atoms with Gasteiger partial charge in [-0.15, -0.1) is 11.3 Å². The number of rotatable bonds is 6. The third-order valence-corrected chi connectivity index (χ3v) is 5.19. The van der Waals surface area contributed by atoms with Gasteiger partial charge in [0.05, 0.1) is 6.04 Å². The third kappa shape index (κ3) is 3.56. The molecule has 0 bridgehead atoms. The number of nitrogens with two attached hydrogens (primary N) is 1. The van der Waals surface area contributed by atoms with Crippen LogP contribution >= 0.6 is 11.3 Å². The van der Waals surface area contributed by atoms with Crippen LogP contribution in [0.4, 0.5) is 0 Å². The molecule has 2 rings (SSSR count). The average molecular weight is 266 g/mol. The van der Waals surface area contributed by atoms with E-state index in [1.807, 2.05) is 11.3 Å². The monoisotopic (exact) mass is 266 g/mol. The van der Waals surface area contributed by atoms with Crippen LogP contribution in [0.25, 0.3) is 0 Å². The minimum Gasteiger partial charge on any atom is -0.271 e. The first-order valence-electron chi connectivity index (χ1n) is 7.28. The van der Waals surface area contributed by atoms with Crippen molar-refractivity contribution in [3.05, 3.63) is 21.4 Å². The third-order valence-electron chi connectivity index (χ3n) is 3.83. The van der Waals surface area contributed by atoms with Gasteiger partial charge < -0.3 is 0 Å². The maximum atomic E-state index is 5.74. The first-order valence-corrected chi connectivity index (χ1v) is 8.10. The van der Waals surface area contributed by atoms with Crippen LogP contribution in [0.3, 0.4) is 0 Å². The largest absolute Gasteiger partial charge is 0.271 e. The summed E-state index contributed by atoms with van der Waals surface area (Å²) in [5.74, 6) is 6.53. The number of hydrazine groups is 1. The van der Waals surface area contributed by atoms with Crippen molar-refractivity contribution in [1.82, 2.24) is 5.43 Å². The highest BCUT2D eigenvalue weighted by Crippen LogP contribution is 2.34. The summed E-state index contributed by atoms with van der Waals surface area (Å²) in [7, 11) is 0. The summed E-state index contributed by atoms with van der Waals surface area (Å²) in [5, 5.41) is 0. The molecule has 0 amide bonds. The van der Waals surface area contributed by atoms with E-state index in [0.717, 1.165) is 12.3 Å². The molecule has 1 unspecified atom stereocenters. The van der Waals surface area contributed by atoms with E-state index in [2.05, 4.69) is 25.3 Å². The molecule has 102 valence electrons. The minimum atomic E-state index is 0.361. The second-order valence-corrected chi connectivity index (χ2v) is 7.02. The Morgan fingerprint density at radius 2 is 2.06 bits per heavy atom. The summed E-state index contributed by atoms with van der Waals surface area (Å²) in [6, 6.07) is 2.76. The SMILES string of the molecule is CC(C)CCCC(NN)c1cc2c(s1)CCCC2. The van der Waals surface area contributed by atoms with Gasteiger partial charge in [-0.3, -0.25) is 11.3 Å². The van der Waals surface area contributed by atoms with Crippen LogP contribution in [0.2, 0.25) is 0 Å². The minimum absolute atomic E-state index is 0.361. The quantitative estimate of drug-likeness (QED) is 0.604. The summed E-state index contributed by atoms with van der Waals surface area (Å²) in [4.78, 5) is 3.06. The zero-order valence-electron chi connectivity index (χ0n) is 11.7. The average Bonchev–Trinajstić information content (AvgIpc) is 2.77. The van der Waals surface area contributed by atoms with Crippen molar-refractivity contribution in [1.29, 1.82) is 0 Å². The van der Waals surface area contributed by atoms with Crippen molar-refractivity contribution >= 4 is 11.3 Å². The fourth-order valence-corrected chi connectivity index (χ4v) is 4.08. The fourth-order valence-electron chi connectivity index (χ4n) is 2.72. The molecule has 1 aliphatic rings. The normalized spacial score (nSPS) is 16.9. The lowest BCUT2D eigenvalue weighted by Gasteiger charge is -2.14. The van der Waals surface area contributed by atoms with E-state index in [-0.39, 0.29) is 0 Å². The molecule has 0 aliphatic heterocycles. The van der Waals surface area contributed by atoms with E-state index >= 15 is 0 Å². The molecule has 0 spiro atoms. The van der Waals surface area contributed by atoms with E-state index in [0.29, 0.717) is 6.04 Å². The number of hydrogen-bond donors (Lipinski definition) is 2. The summed E-state index contributed by atoms with van der Waals surface area (Å²) in [6.07, 6.45) is 8.99. The Bertz CT molecular complexity index is 347. The number of nitrogens with one attached hydrogen (secondary N) is 1. The molecule has 0 aromatic carbocycles. The Balaban J connectivity index is 1.96. The van der Waals surface area contributed by atoms with E-state index < -0.39 is 0 Å². The van der Waals surface area contributed by atoms with Gasteiger partial charge in [0, 0.05) is 9.75 Å². The van der Waals surface area contributed by atoms with Crippen LogP contribution in [0.1, 0.15) is 67.3 Å². The summed E-state index contributed by atoms with van der Waals surface area (Å²) >= 11 is 1.98. The summed E-state index contributed by atoms with van der Waals surface area (Å²) in [6.45, 7) is 4.57. The maximum absolute atomic E-state index is 5.74. The van der Waals surface area contributed by atoms with Gasteiger partial charge in [-0.05, 0) is 49.7 Å². The number of aryl methyl sites for hydroxylation is 2. The zero-order valence-corrected chi connectivity index (χ0v) is 12.5. The Kier molecular flexibility index (Phi) is 5.22. The molecular formula is C15H26N2S. The first kappa shape index (κ1) is 14.0. The van der Waals surface area contributed by atoms with Crippen LogP contribution in [-0.4, -0.2) is 0 Å². The highest BCUT2D eigenvalue weighted by molar-refractivity contribution is 7.12. The van der Waals surface area contributed by atoms with Gasteiger partial charge >= 0.3 is 0 Å². The van der Waals surface area contributed by atoms with Crippen molar-refractivity contribution in [3.63, 3.8) is 0 Å². The van der Waals surface area contributed by atoms with Crippen molar-refractivity contribution in [3.8, 4) is 0 Å². The van der Waals surface area contributed by atoms with Crippen molar-refractivity contribution in [2.75, 3.05) is 0 Å². The molecule has 18 heavy (non-hydrogen) atoms. The fraction of sp³-hybridized carbons (Fsp3) is 0.733. The van der Waals surface area contributed by atoms with Gasteiger partial charge in [0.1, 0.15) is 0 Å². The topological polar surface area (TPSA) is 38.0 Å². The van der Waals surface area contributed by atoms with E-state index in [9.17, 15) is 0 Å². The molecule has 1 aromatic rings. The number of fused-ring (bicyclic) bond motifs is 1. The van der Waals surface area contributed by atoms with Gasteiger partial charge in [0.25, 0.3) is 0 Å². The number of thiophene rings is 1. The summed E-state index contributed by atoms with van der Waals surface area (Å²) < 4.78 is 0. The predicted octanol–water partition coefficient (Wildman–Crippen LogP) is 3.96. The summed E-state index contributed by atoms with van der Waals surface area (Å²) in [5.41, 5.74) is 4.60. The Hall–Kier alpha value is -0.380. The Morgan fingerprint density at radius 3 is 2.72 bits per heavy atom. The Labute approximate surface area is 115 Å². The van der Waals surface area contributed by atoms with E-state index in [1.165, 1.54) is 43.4 Å². The molecule has 0 saturated carbocycles. The van der Waals surface area contributed by atoms with Gasteiger partial charge in [0.15, 0.2) is 0 Å². The molecule has 1 aromatic heterocycles. The molecule has 3 N–H and O–H groups in total. The molecule has 0 fully saturated rings. The predicted molar refractivity (Wildman–Crippen MR) is 79.7 cm³/mol. The van der Waals surface area contributed by atoms with Crippen molar-refractivity contribution < 1.29 is 0 Å².